The summed E-state index contributed by atoms with van der Waals surface area (Å²) >= 11 is 0. The van der Waals surface area contributed by atoms with Gasteiger partial charge in [0.25, 0.3) is 0 Å². The van der Waals surface area contributed by atoms with Crippen molar-refractivity contribution in [1.82, 2.24) is 4.90 Å². The highest BCUT2D eigenvalue weighted by Gasteiger charge is 2.20. The number of piperidine rings is 1. The first kappa shape index (κ1) is 14.7. The zero-order chi connectivity index (χ0) is 14.5. The topological polar surface area (TPSA) is 49.4 Å². The Labute approximate surface area is 118 Å². The van der Waals surface area contributed by atoms with E-state index in [4.69, 9.17) is 0 Å². The van der Waals surface area contributed by atoms with Gasteiger partial charge in [0.05, 0.1) is 6.54 Å². The highest BCUT2D eigenvalue weighted by molar-refractivity contribution is 5.92. The monoisotopic (exact) mass is 278 g/mol. The van der Waals surface area contributed by atoms with Crippen molar-refractivity contribution in [2.75, 3.05) is 25.0 Å². The quantitative estimate of drug-likeness (QED) is 0.857. The third kappa shape index (κ3) is 3.87. The number of aldehydes is 1. The molecule has 2 rings (SSSR count). The van der Waals surface area contributed by atoms with Crippen molar-refractivity contribution in [3.05, 3.63) is 29.6 Å². The van der Waals surface area contributed by atoms with Gasteiger partial charge in [0.1, 0.15) is 12.1 Å². The van der Waals surface area contributed by atoms with E-state index in [1.54, 1.807) is 6.07 Å². The summed E-state index contributed by atoms with van der Waals surface area (Å²) in [7, 11) is 0. The maximum absolute atomic E-state index is 13.1. The van der Waals surface area contributed by atoms with Gasteiger partial charge in [0, 0.05) is 11.6 Å². The second kappa shape index (κ2) is 6.61. The van der Waals surface area contributed by atoms with Crippen molar-refractivity contribution in [1.29, 1.82) is 0 Å². The average Bonchev–Trinajstić information content (AvgIpc) is 2.43. The summed E-state index contributed by atoms with van der Waals surface area (Å²) in [6.45, 7) is 3.60. The van der Waals surface area contributed by atoms with Gasteiger partial charge in [-0.05, 0) is 50.6 Å². The molecule has 4 nitrogen and oxygen atoms in total. The number of nitrogens with one attached hydrogen (secondary N) is 1. The molecule has 0 spiro atoms. The zero-order valence-electron chi connectivity index (χ0n) is 11.6. The van der Waals surface area contributed by atoms with Gasteiger partial charge in [-0.3, -0.25) is 9.69 Å². The van der Waals surface area contributed by atoms with Crippen molar-refractivity contribution in [2.45, 2.75) is 19.8 Å². The molecule has 1 amide bonds. The Kier molecular flexibility index (Phi) is 4.84. The molecule has 20 heavy (non-hydrogen) atoms. The summed E-state index contributed by atoms with van der Waals surface area (Å²) in [5.41, 5.74) is 1.34. The van der Waals surface area contributed by atoms with Crippen LogP contribution in [0.4, 0.5) is 10.1 Å². The SMILES string of the molecule is Cc1ccc(F)cc1NC(=O)CN1CCC(C=O)CC1. The molecule has 0 aromatic heterocycles. The molecule has 0 radical (unpaired) electrons. The highest BCUT2D eigenvalue weighted by Crippen LogP contribution is 2.17. The van der Waals surface area contributed by atoms with E-state index in [2.05, 4.69) is 5.32 Å². The molecule has 0 saturated carbocycles. The molecule has 0 atom stereocenters. The second-order valence-corrected chi connectivity index (χ2v) is 5.26. The lowest BCUT2D eigenvalue weighted by Gasteiger charge is -2.28. The van der Waals surface area contributed by atoms with E-state index >= 15 is 0 Å². The van der Waals surface area contributed by atoms with Crippen LogP contribution in [0.25, 0.3) is 0 Å². The van der Waals surface area contributed by atoms with Gasteiger partial charge in [-0.2, -0.15) is 0 Å². The van der Waals surface area contributed by atoms with Crippen LogP contribution in [-0.4, -0.2) is 36.7 Å². The lowest BCUT2D eigenvalue weighted by atomic mass is 9.99. The number of amides is 1. The van der Waals surface area contributed by atoms with Crippen LogP contribution in [0, 0.1) is 18.7 Å². The minimum absolute atomic E-state index is 0.125. The van der Waals surface area contributed by atoms with E-state index in [1.807, 2.05) is 11.8 Å². The van der Waals surface area contributed by atoms with Gasteiger partial charge in [0.15, 0.2) is 0 Å². The van der Waals surface area contributed by atoms with E-state index in [0.29, 0.717) is 5.69 Å². The van der Waals surface area contributed by atoms with Gasteiger partial charge in [0.2, 0.25) is 5.91 Å². The smallest absolute Gasteiger partial charge is 0.238 e. The summed E-state index contributed by atoms with van der Waals surface area (Å²) in [6.07, 6.45) is 2.60. The Balaban J connectivity index is 1.86. The molecule has 1 saturated heterocycles. The van der Waals surface area contributed by atoms with Crippen molar-refractivity contribution in [3.8, 4) is 0 Å². The first-order chi connectivity index (χ1) is 9.58. The molecule has 1 aromatic rings. The molecule has 1 aromatic carbocycles. The molecule has 1 aliphatic heterocycles. The normalized spacial score (nSPS) is 16.9. The zero-order valence-corrected chi connectivity index (χ0v) is 11.6. The Morgan fingerprint density at radius 1 is 1.45 bits per heavy atom. The Morgan fingerprint density at radius 2 is 2.15 bits per heavy atom. The van der Waals surface area contributed by atoms with Crippen molar-refractivity contribution < 1.29 is 14.0 Å². The Hall–Kier alpha value is -1.75. The largest absolute Gasteiger partial charge is 0.325 e. The summed E-state index contributed by atoms with van der Waals surface area (Å²) in [5, 5.41) is 2.73. The molecular weight excluding hydrogens is 259 g/mol. The van der Waals surface area contributed by atoms with Crippen LogP contribution >= 0.6 is 0 Å². The predicted octanol–water partition coefficient (Wildman–Crippen LogP) is 1.98. The first-order valence-corrected chi connectivity index (χ1v) is 6.82. The molecule has 0 bridgehead atoms. The summed E-state index contributed by atoms with van der Waals surface area (Å²) < 4.78 is 13.1. The fourth-order valence-electron chi connectivity index (χ4n) is 2.37. The third-order valence-corrected chi connectivity index (χ3v) is 3.67. The summed E-state index contributed by atoms with van der Waals surface area (Å²) in [6, 6.07) is 4.33. The highest BCUT2D eigenvalue weighted by atomic mass is 19.1. The molecular formula is C15H19FN2O2. The van der Waals surface area contributed by atoms with Crippen LogP contribution in [0.1, 0.15) is 18.4 Å². The summed E-state index contributed by atoms with van der Waals surface area (Å²) in [5.74, 6) is -0.388. The number of hydrogen-bond donors (Lipinski definition) is 1. The van der Waals surface area contributed by atoms with Gasteiger partial charge in [-0.15, -0.1) is 0 Å². The number of hydrogen-bond acceptors (Lipinski definition) is 3. The molecule has 108 valence electrons. The number of rotatable bonds is 4. The second-order valence-electron chi connectivity index (χ2n) is 5.26. The number of halogens is 1. The van der Waals surface area contributed by atoms with E-state index in [9.17, 15) is 14.0 Å². The molecule has 1 N–H and O–H groups in total. The number of anilines is 1. The third-order valence-electron chi connectivity index (χ3n) is 3.67. The van der Waals surface area contributed by atoms with Crippen molar-refractivity contribution >= 4 is 17.9 Å². The Morgan fingerprint density at radius 3 is 2.80 bits per heavy atom. The van der Waals surface area contributed by atoms with E-state index in [1.165, 1.54) is 12.1 Å². The van der Waals surface area contributed by atoms with E-state index in [-0.39, 0.29) is 24.2 Å². The molecule has 0 unspecified atom stereocenters. The lowest BCUT2D eigenvalue weighted by Crippen LogP contribution is -2.39. The number of benzene rings is 1. The fourth-order valence-corrected chi connectivity index (χ4v) is 2.37. The molecule has 5 heteroatoms. The Bertz CT molecular complexity index is 497. The van der Waals surface area contributed by atoms with Gasteiger partial charge < -0.3 is 10.1 Å². The van der Waals surface area contributed by atoms with Gasteiger partial charge in [-0.1, -0.05) is 6.07 Å². The minimum Gasteiger partial charge on any atom is -0.325 e. The maximum atomic E-state index is 13.1. The van der Waals surface area contributed by atoms with Crippen LogP contribution in [0.15, 0.2) is 18.2 Å². The van der Waals surface area contributed by atoms with Gasteiger partial charge >= 0.3 is 0 Å². The van der Waals surface area contributed by atoms with Crippen LogP contribution in [-0.2, 0) is 9.59 Å². The lowest BCUT2D eigenvalue weighted by molar-refractivity contribution is -0.117. The number of carbonyl (C=O) groups is 2. The minimum atomic E-state index is -0.363. The van der Waals surface area contributed by atoms with Crippen LogP contribution in [0.2, 0.25) is 0 Å². The van der Waals surface area contributed by atoms with E-state index < -0.39 is 0 Å². The maximum Gasteiger partial charge on any atom is 0.238 e. The van der Waals surface area contributed by atoms with Crippen molar-refractivity contribution in [2.24, 2.45) is 5.92 Å². The number of aryl methyl sites for hydroxylation is 1. The first-order valence-electron chi connectivity index (χ1n) is 6.82. The van der Waals surface area contributed by atoms with Crippen LogP contribution in [0.3, 0.4) is 0 Å². The fraction of sp³-hybridized carbons (Fsp3) is 0.467. The van der Waals surface area contributed by atoms with E-state index in [0.717, 1.165) is 37.8 Å². The molecule has 0 aliphatic carbocycles. The number of carbonyl (C=O) groups excluding carboxylic acids is 2. The summed E-state index contributed by atoms with van der Waals surface area (Å²) in [4.78, 5) is 24.6. The predicted molar refractivity (Wildman–Crippen MR) is 75.0 cm³/mol. The average molecular weight is 278 g/mol. The van der Waals surface area contributed by atoms with Crippen molar-refractivity contribution in [3.63, 3.8) is 0 Å². The standard InChI is InChI=1S/C15H19FN2O2/c1-11-2-3-13(16)8-14(11)17-15(20)9-18-6-4-12(10-19)5-7-18/h2-3,8,10,12H,4-7,9H2,1H3,(H,17,20). The molecule has 1 heterocycles. The van der Waals surface area contributed by atoms with Crippen LogP contribution in [0.5, 0.6) is 0 Å². The molecule has 1 aliphatic rings. The molecule has 1 fully saturated rings. The van der Waals surface area contributed by atoms with Crippen LogP contribution < -0.4 is 5.32 Å². The van der Waals surface area contributed by atoms with Gasteiger partial charge in [-0.25, -0.2) is 4.39 Å². The number of nitrogens with zero attached hydrogens (tertiary/aromatic N) is 1. The number of likely N-dealkylation sites (tertiary alicyclic amines) is 1.